The molecule has 0 radical (unpaired) electrons. The van der Waals surface area contributed by atoms with Gasteiger partial charge in [-0.1, -0.05) is 25.1 Å². The van der Waals surface area contributed by atoms with Crippen molar-refractivity contribution in [1.29, 1.82) is 0 Å². The van der Waals surface area contributed by atoms with Crippen LogP contribution in [0.25, 0.3) is 0 Å². The van der Waals surface area contributed by atoms with Gasteiger partial charge in [0, 0.05) is 12.6 Å². The molecule has 0 aromatic heterocycles. The molecule has 1 aliphatic heterocycles. The van der Waals surface area contributed by atoms with Gasteiger partial charge in [-0.05, 0) is 24.5 Å². The van der Waals surface area contributed by atoms with E-state index in [1.54, 1.807) is 6.07 Å². The van der Waals surface area contributed by atoms with Crippen molar-refractivity contribution >= 4 is 0 Å². The summed E-state index contributed by atoms with van der Waals surface area (Å²) in [4.78, 5) is 0. The molecule has 3 unspecified atom stereocenters. The molecule has 1 N–H and O–H groups in total. The van der Waals surface area contributed by atoms with Crippen LogP contribution in [-0.2, 0) is 10.9 Å². The fourth-order valence-electron chi connectivity index (χ4n) is 2.20. The SMILES string of the molecule is CC1COC(c2ccccc2C(F)(F)F)CNC1C. The van der Waals surface area contributed by atoms with Crippen molar-refractivity contribution in [2.45, 2.75) is 32.2 Å². The zero-order valence-electron chi connectivity index (χ0n) is 11.0. The molecular weight excluding hydrogens is 255 g/mol. The summed E-state index contributed by atoms with van der Waals surface area (Å²) in [6.45, 7) is 4.91. The van der Waals surface area contributed by atoms with Gasteiger partial charge < -0.3 is 10.1 Å². The van der Waals surface area contributed by atoms with Crippen molar-refractivity contribution in [3.63, 3.8) is 0 Å². The average Bonchev–Trinajstić information content (AvgIpc) is 2.52. The Kier molecular flexibility index (Phi) is 4.16. The molecule has 0 saturated carbocycles. The van der Waals surface area contributed by atoms with E-state index in [9.17, 15) is 13.2 Å². The van der Waals surface area contributed by atoms with E-state index in [4.69, 9.17) is 4.74 Å². The van der Waals surface area contributed by atoms with E-state index in [1.165, 1.54) is 12.1 Å². The third kappa shape index (κ3) is 3.28. The maximum Gasteiger partial charge on any atom is 0.416 e. The summed E-state index contributed by atoms with van der Waals surface area (Å²) in [5.41, 5.74) is -0.396. The fourth-order valence-corrected chi connectivity index (χ4v) is 2.20. The Balaban J connectivity index is 2.27. The van der Waals surface area contributed by atoms with Gasteiger partial charge in [0.05, 0.1) is 18.3 Å². The fraction of sp³-hybridized carbons (Fsp3) is 0.571. The maximum atomic E-state index is 13.0. The summed E-state index contributed by atoms with van der Waals surface area (Å²) in [7, 11) is 0. The molecule has 3 atom stereocenters. The minimum Gasteiger partial charge on any atom is -0.372 e. The molecule has 1 aliphatic rings. The first-order valence-electron chi connectivity index (χ1n) is 6.40. The van der Waals surface area contributed by atoms with Gasteiger partial charge in [-0.2, -0.15) is 13.2 Å². The van der Waals surface area contributed by atoms with E-state index >= 15 is 0 Å². The van der Waals surface area contributed by atoms with Gasteiger partial charge in [0.2, 0.25) is 0 Å². The number of halogens is 3. The highest BCUT2D eigenvalue weighted by atomic mass is 19.4. The number of hydrogen-bond acceptors (Lipinski definition) is 2. The van der Waals surface area contributed by atoms with Crippen LogP contribution in [0.15, 0.2) is 24.3 Å². The summed E-state index contributed by atoms with van der Waals surface area (Å²) in [5, 5.41) is 3.23. The monoisotopic (exact) mass is 273 g/mol. The van der Waals surface area contributed by atoms with Crippen molar-refractivity contribution in [2.75, 3.05) is 13.2 Å². The quantitative estimate of drug-likeness (QED) is 0.847. The van der Waals surface area contributed by atoms with E-state index in [0.717, 1.165) is 6.07 Å². The average molecular weight is 273 g/mol. The lowest BCUT2D eigenvalue weighted by Gasteiger charge is -2.20. The second kappa shape index (κ2) is 5.51. The minimum atomic E-state index is -4.34. The zero-order chi connectivity index (χ0) is 14.0. The minimum absolute atomic E-state index is 0.212. The molecule has 0 aliphatic carbocycles. The summed E-state index contributed by atoms with van der Waals surface area (Å²) in [5.74, 6) is 0.281. The Bertz CT molecular complexity index is 421. The van der Waals surface area contributed by atoms with Crippen molar-refractivity contribution in [3.05, 3.63) is 35.4 Å². The van der Waals surface area contributed by atoms with Gasteiger partial charge in [-0.3, -0.25) is 0 Å². The standard InChI is InChI=1S/C14H18F3NO/c1-9-8-19-13(7-18-10(9)2)11-5-3-4-6-12(11)14(15,16)17/h3-6,9-10,13,18H,7-8H2,1-2H3. The van der Waals surface area contributed by atoms with Gasteiger partial charge in [-0.25, -0.2) is 0 Å². The second-order valence-electron chi connectivity index (χ2n) is 5.08. The van der Waals surface area contributed by atoms with Crippen LogP contribution in [0, 0.1) is 5.92 Å². The molecule has 0 amide bonds. The van der Waals surface area contributed by atoms with Gasteiger partial charge in [0.25, 0.3) is 0 Å². The first-order chi connectivity index (χ1) is 8.89. The largest absolute Gasteiger partial charge is 0.416 e. The molecule has 1 aromatic carbocycles. The number of nitrogens with one attached hydrogen (secondary N) is 1. The van der Waals surface area contributed by atoms with E-state index in [-0.39, 0.29) is 17.5 Å². The van der Waals surface area contributed by atoms with Crippen LogP contribution in [0.4, 0.5) is 13.2 Å². The van der Waals surface area contributed by atoms with Crippen molar-refractivity contribution < 1.29 is 17.9 Å². The smallest absolute Gasteiger partial charge is 0.372 e. The Morgan fingerprint density at radius 1 is 1.21 bits per heavy atom. The van der Waals surface area contributed by atoms with Crippen molar-refractivity contribution in [2.24, 2.45) is 5.92 Å². The van der Waals surface area contributed by atoms with E-state index in [2.05, 4.69) is 5.32 Å². The number of ether oxygens (including phenoxy) is 1. The summed E-state index contributed by atoms with van der Waals surface area (Å²) in [6.07, 6.45) is -4.89. The van der Waals surface area contributed by atoms with Crippen LogP contribution >= 0.6 is 0 Å². The first-order valence-corrected chi connectivity index (χ1v) is 6.40. The van der Waals surface area contributed by atoms with E-state index < -0.39 is 17.8 Å². The van der Waals surface area contributed by atoms with Crippen LogP contribution in [-0.4, -0.2) is 19.2 Å². The van der Waals surface area contributed by atoms with Crippen molar-refractivity contribution in [1.82, 2.24) is 5.32 Å². The number of benzene rings is 1. The summed E-state index contributed by atoms with van der Waals surface area (Å²) >= 11 is 0. The predicted octanol–water partition coefficient (Wildman–Crippen LogP) is 3.39. The topological polar surface area (TPSA) is 21.3 Å². The van der Waals surface area contributed by atoms with Gasteiger partial charge in [0.15, 0.2) is 0 Å². The molecule has 0 bridgehead atoms. The Hall–Kier alpha value is -1.07. The summed E-state index contributed by atoms with van der Waals surface area (Å²) in [6, 6.07) is 5.86. The number of rotatable bonds is 1. The van der Waals surface area contributed by atoms with Gasteiger partial charge in [-0.15, -0.1) is 0 Å². The molecule has 1 aromatic rings. The molecule has 19 heavy (non-hydrogen) atoms. The second-order valence-corrected chi connectivity index (χ2v) is 5.08. The third-order valence-electron chi connectivity index (χ3n) is 3.65. The van der Waals surface area contributed by atoms with Crippen molar-refractivity contribution in [3.8, 4) is 0 Å². The molecule has 2 nitrogen and oxygen atoms in total. The van der Waals surface area contributed by atoms with E-state index in [0.29, 0.717) is 13.2 Å². The first kappa shape index (κ1) is 14.3. The molecule has 1 saturated heterocycles. The Morgan fingerprint density at radius 3 is 2.58 bits per heavy atom. The normalized spacial score (nSPS) is 29.0. The highest BCUT2D eigenvalue weighted by molar-refractivity contribution is 5.32. The van der Waals surface area contributed by atoms with Gasteiger partial charge >= 0.3 is 6.18 Å². The molecule has 0 spiro atoms. The Morgan fingerprint density at radius 2 is 1.89 bits per heavy atom. The molecule has 2 rings (SSSR count). The highest BCUT2D eigenvalue weighted by Gasteiger charge is 2.36. The molecular formula is C14H18F3NO. The lowest BCUT2D eigenvalue weighted by molar-refractivity contribution is -0.139. The Labute approximate surface area is 111 Å². The van der Waals surface area contributed by atoms with Crippen LogP contribution in [0.5, 0.6) is 0 Å². The third-order valence-corrected chi connectivity index (χ3v) is 3.65. The highest BCUT2D eigenvalue weighted by Crippen LogP contribution is 2.36. The molecule has 1 heterocycles. The maximum absolute atomic E-state index is 13.0. The molecule has 1 fully saturated rings. The van der Waals surface area contributed by atoms with Gasteiger partial charge in [0.1, 0.15) is 0 Å². The lowest BCUT2D eigenvalue weighted by atomic mass is 10.0. The molecule has 106 valence electrons. The van der Waals surface area contributed by atoms with Crippen LogP contribution in [0.3, 0.4) is 0 Å². The number of hydrogen-bond donors (Lipinski definition) is 1. The molecule has 5 heteroatoms. The zero-order valence-corrected chi connectivity index (χ0v) is 11.0. The summed E-state index contributed by atoms with van der Waals surface area (Å²) < 4.78 is 44.6. The van der Waals surface area contributed by atoms with Crippen LogP contribution in [0.1, 0.15) is 31.1 Å². The van der Waals surface area contributed by atoms with E-state index in [1.807, 2.05) is 13.8 Å². The lowest BCUT2D eigenvalue weighted by Crippen LogP contribution is -2.32. The van der Waals surface area contributed by atoms with Crippen LogP contribution in [0.2, 0.25) is 0 Å². The number of alkyl halides is 3. The van der Waals surface area contributed by atoms with Crippen LogP contribution < -0.4 is 5.32 Å². The predicted molar refractivity (Wildman–Crippen MR) is 66.8 cm³/mol.